The number of nitrogens with zero attached hydrogens (tertiary/aromatic N) is 2. The summed E-state index contributed by atoms with van der Waals surface area (Å²) in [6.07, 6.45) is 2.84. The Morgan fingerprint density at radius 3 is 2.46 bits per heavy atom. The fourth-order valence-electron chi connectivity index (χ4n) is 4.00. The third kappa shape index (κ3) is 8.26. The number of aliphatic imine (C=N–C) groups is 1. The van der Waals surface area contributed by atoms with Crippen molar-refractivity contribution in [1.82, 2.24) is 4.90 Å². The molecule has 0 spiro atoms. The van der Waals surface area contributed by atoms with Crippen LogP contribution in [-0.4, -0.2) is 49.5 Å². The largest absolute Gasteiger partial charge is 0.493 e. The zero-order valence-electron chi connectivity index (χ0n) is 20.4. The van der Waals surface area contributed by atoms with Crippen LogP contribution in [0.1, 0.15) is 37.3 Å². The second-order valence-corrected chi connectivity index (χ2v) is 8.62. The van der Waals surface area contributed by atoms with Gasteiger partial charge in [-0.3, -0.25) is 9.59 Å². The maximum Gasteiger partial charge on any atom is 0.252 e. The highest BCUT2D eigenvalue weighted by Gasteiger charge is 2.20. The van der Waals surface area contributed by atoms with Gasteiger partial charge in [0.15, 0.2) is 5.96 Å². The predicted octanol–water partition coefficient (Wildman–Crippen LogP) is 3.29. The first-order valence-electron chi connectivity index (χ1n) is 11.6. The van der Waals surface area contributed by atoms with E-state index in [4.69, 9.17) is 20.9 Å². The van der Waals surface area contributed by atoms with Crippen molar-refractivity contribution < 1.29 is 19.1 Å². The molecule has 8 nitrogen and oxygen atoms in total. The topological polar surface area (TPSA) is 120 Å². The lowest BCUT2D eigenvalue weighted by molar-refractivity contribution is -0.128. The molecule has 1 saturated heterocycles. The van der Waals surface area contributed by atoms with E-state index in [9.17, 15) is 9.59 Å². The molecule has 1 unspecified atom stereocenters. The lowest BCUT2D eigenvalue weighted by atomic mass is 9.96. The molecule has 1 atom stereocenters. The molecule has 9 heteroatoms. The minimum atomic E-state index is -0.359. The molecule has 0 aliphatic carbocycles. The van der Waals surface area contributed by atoms with E-state index in [0.29, 0.717) is 32.6 Å². The van der Waals surface area contributed by atoms with Crippen molar-refractivity contribution >= 4 is 30.2 Å². The van der Waals surface area contributed by atoms with Gasteiger partial charge < -0.3 is 25.8 Å². The molecule has 1 heterocycles. The van der Waals surface area contributed by atoms with Crippen LogP contribution in [0.5, 0.6) is 5.75 Å². The Morgan fingerprint density at radius 1 is 1.11 bits per heavy atom. The van der Waals surface area contributed by atoms with Gasteiger partial charge >= 0.3 is 0 Å². The van der Waals surface area contributed by atoms with E-state index in [-0.39, 0.29) is 36.1 Å². The molecule has 1 fully saturated rings. The molecule has 2 aromatic carbocycles. The Balaban J connectivity index is 0.00000432. The molecule has 0 bridgehead atoms. The average molecular weight is 503 g/mol. The van der Waals surface area contributed by atoms with Gasteiger partial charge in [0.1, 0.15) is 5.75 Å². The first kappa shape index (κ1) is 28.1. The second kappa shape index (κ2) is 13.7. The van der Waals surface area contributed by atoms with Gasteiger partial charge in [-0.15, -0.1) is 12.4 Å². The van der Waals surface area contributed by atoms with E-state index in [2.05, 4.69) is 29.3 Å². The number of hydrogen-bond acceptors (Lipinski definition) is 4. The van der Waals surface area contributed by atoms with Crippen LogP contribution in [0.2, 0.25) is 0 Å². The Bertz CT molecular complexity index is 1020. The molecule has 0 saturated carbocycles. The molecule has 4 N–H and O–H groups in total. The van der Waals surface area contributed by atoms with Crippen molar-refractivity contribution in [2.45, 2.75) is 39.2 Å². The van der Waals surface area contributed by atoms with Crippen LogP contribution in [0.25, 0.3) is 11.1 Å². The number of guanidine groups is 1. The van der Waals surface area contributed by atoms with Crippen molar-refractivity contribution in [3.05, 3.63) is 53.6 Å². The summed E-state index contributed by atoms with van der Waals surface area (Å²) in [5.41, 5.74) is 14.7. The Labute approximate surface area is 213 Å². The summed E-state index contributed by atoms with van der Waals surface area (Å²) in [6.45, 7) is 4.39. The molecule has 2 amide bonds. The molecule has 3 rings (SSSR count). The number of hydrogen-bond donors (Lipinski definition) is 2. The van der Waals surface area contributed by atoms with Crippen molar-refractivity contribution in [2.75, 3.05) is 26.9 Å². The number of rotatable bonds is 11. The number of methoxy groups -OCH3 is 1. The molecule has 35 heavy (non-hydrogen) atoms. The van der Waals surface area contributed by atoms with Crippen LogP contribution in [0.4, 0.5) is 0 Å². The zero-order valence-corrected chi connectivity index (χ0v) is 21.2. The third-order valence-electron chi connectivity index (χ3n) is 5.81. The molecule has 190 valence electrons. The molecule has 0 aromatic heterocycles. The lowest BCUT2D eigenvalue weighted by Crippen LogP contribution is -2.26. The smallest absolute Gasteiger partial charge is 0.252 e. The highest BCUT2D eigenvalue weighted by Crippen LogP contribution is 2.32. The van der Waals surface area contributed by atoms with E-state index in [1.807, 2.05) is 23.1 Å². The number of likely N-dealkylation sites (tertiary alicyclic amines) is 1. The van der Waals surface area contributed by atoms with Crippen LogP contribution in [0, 0.1) is 5.92 Å². The molecule has 0 radical (unpaired) electrons. The second-order valence-electron chi connectivity index (χ2n) is 8.62. The number of nitrogens with two attached hydrogens (primary N) is 2. The number of carbonyl (C=O) groups is 2. The summed E-state index contributed by atoms with van der Waals surface area (Å²) >= 11 is 0. The summed E-state index contributed by atoms with van der Waals surface area (Å²) < 4.78 is 11.2. The normalized spacial score (nSPS) is 13.8. The minimum absolute atomic E-state index is 0. The summed E-state index contributed by atoms with van der Waals surface area (Å²) in [5, 5.41) is 0. The molecule has 1 aliphatic rings. The summed E-state index contributed by atoms with van der Waals surface area (Å²) in [6, 6.07) is 14.2. The molecular formula is C26H35ClN4O4. The van der Waals surface area contributed by atoms with Crippen LogP contribution in [0.3, 0.4) is 0 Å². The Morgan fingerprint density at radius 2 is 1.83 bits per heavy atom. The van der Waals surface area contributed by atoms with Gasteiger partial charge in [-0.2, -0.15) is 4.99 Å². The standard InChI is InChI=1S/C26H34N4O4.ClH/c1-18(25(32)29-26(27)28)15-20-8-11-22(23(16-20)34-14-4-13-33-2)21-9-6-19(7-10-21)17-30-12-3-5-24(30)31;/h6-11,16,18H,3-5,12-15,17H2,1-2H3,(H4,27,28,29,32);1H. The van der Waals surface area contributed by atoms with Crippen LogP contribution in [-0.2, 0) is 27.3 Å². The monoisotopic (exact) mass is 502 g/mol. The fourth-order valence-corrected chi connectivity index (χ4v) is 4.00. The lowest BCUT2D eigenvalue weighted by Gasteiger charge is -2.17. The van der Waals surface area contributed by atoms with Gasteiger partial charge in [0, 0.05) is 51.1 Å². The Kier molecular flexibility index (Phi) is 11.0. The maximum absolute atomic E-state index is 12.1. The van der Waals surface area contributed by atoms with E-state index in [0.717, 1.165) is 47.4 Å². The highest BCUT2D eigenvalue weighted by molar-refractivity contribution is 5.92. The first-order chi connectivity index (χ1) is 16.4. The van der Waals surface area contributed by atoms with Crippen LogP contribution < -0.4 is 16.2 Å². The maximum atomic E-state index is 12.1. The van der Waals surface area contributed by atoms with Gasteiger partial charge in [0.05, 0.1) is 6.61 Å². The molecule has 1 aliphatic heterocycles. The van der Waals surface area contributed by atoms with Crippen LogP contribution in [0.15, 0.2) is 47.5 Å². The van der Waals surface area contributed by atoms with Gasteiger partial charge in [-0.05, 0) is 35.6 Å². The number of ether oxygens (including phenoxy) is 2. The van der Waals surface area contributed by atoms with Gasteiger partial charge in [0.25, 0.3) is 5.91 Å². The average Bonchev–Trinajstić information content (AvgIpc) is 3.21. The number of amides is 2. The highest BCUT2D eigenvalue weighted by atomic mass is 35.5. The molecular weight excluding hydrogens is 468 g/mol. The summed E-state index contributed by atoms with van der Waals surface area (Å²) in [5.74, 6) is 0.0315. The van der Waals surface area contributed by atoms with E-state index in [1.54, 1.807) is 14.0 Å². The van der Waals surface area contributed by atoms with Crippen LogP contribution >= 0.6 is 12.4 Å². The minimum Gasteiger partial charge on any atom is -0.493 e. The zero-order chi connectivity index (χ0) is 24.5. The van der Waals surface area contributed by atoms with E-state index in [1.165, 1.54) is 0 Å². The van der Waals surface area contributed by atoms with Crippen molar-refractivity contribution in [2.24, 2.45) is 22.4 Å². The quantitative estimate of drug-likeness (QED) is 0.276. The SMILES string of the molecule is COCCCOc1cc(CC(C)C(=O)N=C(N)N)ccc1-c1ccc(CN2CCCC2=O)cc1.Cl. The Hall–Kier alpha value is -3.10. The number of halogens is 1. The van der Waals surface area contributed by atoms with E-state index < -0.39 is 0 Å². The van der Waals surface area contributed by atoms with Gasteiger partial charge in [-0.1, -0.05) is 43.3 Å². The molecule has 2 aromatic rings. The summed E-state index contributed by atoms with van der Waals surface area (Å²) in [4.78, 5) is 29.6. The van der Waals surface area contributed by atoms with E-state index >= 15 is 0 Å². The fraction of sp³-hybridized carbons (Fsp3) is 0.423. The first-order valence-corrected chi connectivity index (χ1v) is 11.6. The van der Waals surface area contributed by atoms with Crippen molar-refractivity contribution in [3.8, 4) is 16.9 Å². The summed E-state index contributed by atoms with van der Waals surface area (Å²) in [7, 11) is 1.66. The van der Waals surface area contributed by atoms with Gasteiger partial charge in [0.2, 0.25) is 5.91 Å². The number of benzene rings is 2. The van der Waals surface area contributed by atoms with Crippen molar-refractivity contribution in [3.63, 3.8) is 0 Å². The van der Waals surface area contributed by atoms with Gasteiger partial charge in [-0.25, -0.2) is 0 Å². The predicted molar refractivity (Wildman–Crippen MR) is 139 cm³/mol. The van der Waals surface area contributed by atoms with Crippen molar-refractivity contribution in [1.29, 1.82) is 0 Å². The number of carbonyl (C=O) groups excluding carboxylic acids is 2. The third-order valence-corrected chi connectivity index (χ3v) is 5.81.